The van der Waals surface area contributed by atoms with E-state index in [-0.39, 0.29) is 24.1 Å². The number of thiophene rings is 1. The predicted molar refractivity (Wildman–Crippen MR) is 95.8 cm³/mol. The number of carbonyl (C=O) groups excluding carboxylic acids is 1. The number of thiazole rings is 1. The molecule has 5 nitrogen and oxygen atoms in total. The van der Waals surface area contributed by atoms with E-state index in [4.69, 9.17) is 4.74 Å². The van der Waals surface area contributed by atoms with E-state index in [2.05, 4.69) is 15.2 Å². The number of ether oxygens (including phenoxy) is 1. The number of rotatable bonds is 3. The average molecular weight is 372 g/mol. The fourth-order valence-electron chi connectivity index (χ4n) is 3.19. The Kier molecular flexibility index (Phi) is 4.91. The molecule has 0 saturated carbocycles. The van der Waals surface area contributed by atoms with Gasteiger partial charge >= 0.3 is 6.09 Å². The normalized spacial score (nSPS) is 25.7. The van der Waals surface area contributed by atoms with E-state index in [9.17, 15) is 4.79 Å². The van der Waals surface area contributed by atoms with Gasteiger partial charge in [-0.25, -0.2) is 9.78 Å². The van der Waals surface area contributed by atoms with Crippen molar-refractivity contribution in [3.05, 3.63) is 23.0 Å². The summed E-state index contributed by atoms with van der Waals surface area (Å²) in [7, 11) is 0. The van der Waals surface area contributed by atoms with Crippen LogP contribution in [0.1, 0.15) is 19.3 Å². The molecule has 3 aliphatic heterocycles. The molecule has 124 valence electrons. The SMILES string of the molecule is Cl.O=C(Nc1ncsc1-c1cccs1)OC12CCN(CC1)CC2. The van der Waals surface area contributed by atoms with Crippen LogP contribution in [0.2, 0.25) is 0 Å². The molecule has 5 heterocycles. The summed E-state index contributed by atoms with van der Waals surface area (Å²) in [5.74, 6) is 0.599. The zero-order valence-electron chi connectivity index (χ0n) is 12.5. The number of piperidine rings is 3. The lowest BCUT2D eigenvalue weighted by Crippen LogP contribution is -2.54. The smallest absolute Gasteiger partial charge is 0.413 e. The molecule has 3 fully saturated rings. The number of halogens is 1. The highest BCUT2D eigenvalue weighted by atomic mass is 35.5. The van der Waals surface area contributed by atoms with Crippen molar-refractivity contribution in [2.24, 2.45) is 0 Å². The molecule has 5 rings (SSSR count). The molecule has 2 aromatic heterocycles. The third-order valence-electron chi connectivity index (χ3n) is 4.49. The predicted octanol–water partition coefficient (Wildman–Crippen LogP) is 4.08. The van der Waals surface area contributed by atoms with Gasteiger partial charge in [-0.1, -0.05) is 6.07 Å². The molecule has 0 aromatic carbocycles. The Morgan fingerprint density at radius 2 is 2.00 bits per heavy atom. The number of anilines is 1. The molecule has 23 heavy (non-hydrogen) atoms. The molecule has 8 heteroatoms. The first-order valence-corrected chi connectivity index (χ1v) is 9.20. The zero-order chi connectivity index (χ0) is 15.0. The summed E-state index contributed by atoms with van der Waals surface area (Å²) < 4.78 is 5.80. The van der Waals surface area contributed by atoms with Crippen LogP contribution < -0.4 is 5.32 Å². The monoisotopic (exact) mass is 371 g/mol. The molecule has 3 saturated heterocycles. The van der Waals surface area contributed by atoms with Crippen molar-refractivity contribution in [2.75, 3.05) is 25.0 Å². The number of fused-ring (bicyclic) bond motifs is 3. The van der Waals surface area contributed by atoms with Crippen LogP contribution in [0.25, 0.3) is 9.75 Å². The van der Waals surface area contributed by atoms with Crippen molar-refractivity contribution < 1.29 is 9.53 Å². The summed E-state index contributed by atoms with van der Waals surface area (Å²) in [5, 5.41) is 4.85. The summed E-state index contributed by atoms with van der Waals surface area (Å²) in [4.78, 5) is 21.1. The molecule has 0 aliphatic carbocycles. The average Bonchev–Trinajstić information content (AvgIpc) is 3.19. The maximum Gasteiger partial charge on any atom is 0.413 e. The number of hydrogen-bond donors (Lipinski definition) is 1. The summed E-state index contributed by atoms with van der Waals surface area (Å²) in [6, 6.07) is 4.03. The van der Waals surface area contributed by atoms with Gasteiger partial charge in [0, 0.05) is 43.8 Å². The second-order valence-electron chi connectivity index (χ2n) is 5.80. The minimum Gasteiger partial charge on any atom is -0.443 e. The minimum atomic E-state index is -0.376. The van der Waals surface area contributed by atoms with E-state index in [0.717, 1.165) is 48.7 Å². The molecule has 0 radical (unpaired) electrons. The quantitative estimate of drug-likeness (QED) is 0.883. The molecular weight excluding hydrogens is 354 g/mol. The van der Waals surface area contributed by atoms with Crippen molar-refractivity contribution in [3.63, 3.8) is 0 Å². The van der Waals surface area contributed by atoms with Crippen molar-refractivity contribution in [2.45, 2.75) is 24.9 Å². The fraction of sp³-hybridized carbons (Fsp3) is 0.467. The Balaban J connectivity index is 0.00000156. The number of hydrogen-bond acceptors (Lipinski definition) is 6. The van der Waals surface area contributed by atoms with Crippen molar-refractivity contribution in [1.29, 1.82) is 0 Å². The zero-order valence-corrected chi connectivity index (χ0v) is 14.9. The molecule has 0 atom stereocenters. The first kappa shape index (κ1) is 16.7. The third kappa shape index (κ3) is 3.38. The maximum atomic E-state index is 12.3. The Morgan fingerprint density at radius 3 is 2.65 bits per heavy atom. The standard InChI is InChI=1S/C15H17N3O2S2.ClH/c19-14(20-15-3-6-18(7-4-15)8-5-15)17-13-12(22-10-16-13)11-2-1-9-21-11;/h1-2,9-10H,3-8H2,(H,17,19);1H. The molecule has 0 spiro atoms. The van der Waals surface area contributed by atoms with Gasteiger partial charge in [-0.15, -0.1) is 35.1 Å². The fourth-order valence-corrected chi connectivity index (χ4v) is 4.80. The van der Waals surface area contributed by atoms with Crippen LogP contribution in [0.5, 0.6) is 0 Å². The van der Waals surface area contributed by atoms with Gasteiger partial charge in [0.1, 0.15) is 5.60 Å². The minimum absolute atomic E-state index is 0. The number of amides is 1. The molecule has 0 unspecified atom stereocenters. The van der Waals surface area contributed by atoms with Gasteiger partial charge in [0.15, 0.2) is 5.82 Å². The largest absolute Gasteiger partial charge is 0.443 e. The number of nitrogens with zero attached hydrogens (tertiary/aromatic N) is 2. The lowest BCUT2D eigenvalue weighted by atomic mass is 9.83. The lowest BCUT2D eigenvalue weighted by molar-refractivity contribution is -0.0742. The van der Waals surface area contributed by atoms with Gasteiger partial charge in [0.2, 0.25) is 0 Å². The summed E-state index contributed by atoms with van der Waals surface area (Å²) in [5.41, 5.74) is 1.49. The molecule has 1 N–H and O–H groups in total. The van der Waals surface area contributed by atoms with E-state index >= 15 is 0 Å². The Morgan fingerprint density at radius 1 is 1.26 bits per heavy atom. The highest BCUT2D eigenvalue weighted by Gasteiger charge is 2.42. The van der Waals surface area contributed by atoms with E-state index in [1.54, 1.807) is 16.8 Å². The summed E-state index contributed by atoms with van der Waals surface area (Å²) in [6.45, 7) is 3.10. The van der Waals surface area contributed by atoms with Gasteiger partial charge < -0.3 is 9.64 Å². The Labute approximate surface area is 149 Å². The van der Waals surface area contributed by atoms with Gasteiger partial charge in [-0.2, -0.15) is 0 Å². The van der Waals surface area contributed by atoms with Crippen LogP contribution in [0.15, 0.2) is 23.0 Å². The molecular formula is C15H18ClN3O2S2. The Bertz CT molecular complexity index is 652. The maximum absolute atomic E-state index is 12.3. The second-order valence-corrected chi connectivity index (χ2v) is 7.60. The second kappa shape index (κ2) is 6.76. The van der Waals surface area contributed by atoms with E-state index < -0.39 is 0 Å². The van der Waals surface area contributed by atoms with Crippen LogP contribution in [-0.4, -0.2) is 41.2 Å². The van der Waals surface area contributed by atoms with Crippen LogP contribution in [-0.2, 0) is 4.74 Å². The van der Waals surface area contributed by atoms with Gasteiger partial charge in [0.25, 0.3) is 0 Å². The Hall–Kier alpha value is -1.15. The summed E-state index contributed by atoms with van der Waals surface area (Å²) >= 11 is 3.17. The number of nitrogens with one attached hydrogen (secondary N) is 1. The van der Waals surface area contributed by atoms with Crippen molar-refractivity contribution >= 4 is 47.0 Å². The van der Waals surface area contributed by atoms with Crippen LogP contribution in [0.4, 0.5) is 10.6 Å². The lowest BCUT2D eigenvalue weighted by Gasteiger charge is -2.47. The highest BCUT2D eigenvalue weighted by molar-refractivity contribution is 7.20. The van der Waals surface area contributed by atoms with Crippen molar-refractivity contribution in [3.8, 4) is 9.75 Å². The molecule has 3 aliphatic rings. The number of aromatic nitrogens is 1. The third-order valence-corrected chi connectivity index (χ3v) is 6.37. The van der Waals surface area contributed by atoms with E-state index in [1.807, 2.05) is 17.5 Å². The first-order valence-electron chi connectivity index (χ1n) is 7.44. The van der Waals surface area contributed by atoms with E-state index in [0.29, 0.717) is 5.82 Å². The van der Waals surface area contributed by atoms with Crippen LogP contribution >= 0.6 is 35.1 Å². The summed E-state index contributed by atoms with van der Waals surface area (Å²) in [6.07, 6.45) is 2.44. The molecule has 2 aromatic rings. The first-order chi connectivity index (χ1) is 10.7. The van der Waals surface area contributed by atoms with Gasteiger partial charge in [-0.05, 0) is 11.4 Å². The van der Waals surface area contributed by atoms with E-state index in [1.165, 1.54) is 11.3 Å². The van der Waals surface area contributed by atoms with Gasteiger partial charge in [-0.3, -0.25) is 5.32 Å². The highest BCUT2D eigenvalue weighted by Crippen LogP contribution is 2.37. The molecule has 2 bridgehead atoms. The molecule has 1 amide bonds. The van der Waals surface area contributed by atoms with Crippen molar-refractivity contribution in [1.82, 2.24) is 9.88 Å². The van der Waals surface area contributed by atoms with Crippen LogP contribution in [0, 0.1) is 0 Å². The van der Waals surface area contributed by atoms with Gasteiger partial charge in [0.05, 0.1) is 10.4 Å². The van der Waals surface area contributed by atoms with Crippen LogP contribution in [0.3, 0.4) is 0 Å². The topological polar surface area (TPSA) is 54.5 Å². The number of carbonyl (C=O) groups is 1.